The quantitative estimate of drug-likeness (QED) is 0.697. The zero-order valence-corrected chi connectivity index (χ0v) is 8.74. The van der Waals surface area contributed by atoms with Crippen LogP contribution in [-0.2, 0) is 0 Å². The van der Waals surface area contributed by atoms with Gasteiger partial charge in [0.25, 0.3) is 0 Å². The monoisotopic (exact) mass is 189 g/mol. The van der Waals surface area contributed by atoms with E-state index in [-0.39, 0.29) is 0 Å². The molecule has 0 spiro atoms. The second-order valence-electron chi connectivity index (χ2n) is 3.67. The SMILES string of the molecule is CCN1CCN(c2[c]cccc2)CC1. The normalized spacial score (nSPS) is 18.5. The summed E-state index contributed by atoms with van der Waals surface area (Å²) in [7, 11) is 0. The van der Waals surface area contributed by atoms with Crippen LogP contribution >= 0.6 is 0 Å². The maximum Gasteiger partial charge on any atom is 0.0447 e. The summed E-state index contributed by atoms with van der Waals surface area (Å²) in [6.45, 7) is 8.03. The van der Waals surface area contributed by atoms with Crippen LogP contribution < -0.4 is 4.90 Å². The summed E-state index contributed by atoms with van der Waals surface area (Å²) in [6.07, 6.45) is 0. The summed E-state index contributed by atoms with van der Waals surface area (Å²) in [4.78, 5) is 4.89. The van der Waals surface area contributed by atoms with Crippen molar-refractivity contribution in [2.75, 3.05) is 37.6 Å². The predicted molar refractivity (Wildman–Crippen MR) is 59.6 cm³/mol. The lowest BCUT2D eigenvalue weighted by molar-refractivity contribution is 0.271. The van der Waals surface area contributed by atoms with Crippen molar-refractivity contribution in [3.8, 4) is 0 Å². The molecule has 1 aliphatic heterocycles. The number of para-hydroxylation sites is 1. The van der Waals surface area contributed by atoms with Crippen LogP contribution in [0.2, 0.25) is 0 Å². The van der Waals surface area contributed by atoms with Crippen LogP contribution in [0.15, 0.2) is 24.3 Å². The largest absolute Gasteiger partial charge is 0.368 e. The zero-order valence-electron chi connectivity index (χ0n) is 8.74. The van der Waals surface area contributed by atoms with Gasteiger partial charge < -0.3 is 9.80 Å². The minimum Gasteiger partial charge on any atom is -0.368 e. The molecule has 1 heterocycles. The number of likely N-dealkylation sites (N-methyl/N-ethyl adjacent to an activating group) is 1. The molecule has 0 N–H and O–H groups in total. The molecule has 1 fully saturated rings. The average Bonchev–Trinajstić information content (AvgIpc) is 2.30. The molecule has 0 atom stereocenters. The van der Waals surface area contributed by atoms with E-state index in [1.165, 1.54) is 25.3 Å². The van der Waals surface area contributed by atoms with E-state index in [1.54, 1.807) is 0 Å². The first kappa shape index (κ1) is 9.53. The lowest BCUT2D eigenvalue weighted by Crippen LogP contribution is -2.46. The molecule has 1 aromatic rings. The Morgan fingerprint density at radius 3 is 2.57 bits per heavy atom. The topological polar surface area (TPSA) is 6.48 Å². The number of nitrogens with zero attached hydrogens (tertiary/aromatic N) is 2. The molecule has 0 aliphatic carbocycles. The Labute approximate surface area is 86.1 Å². The highest BCUT2D eigenvalue weighted by molar-refractivity contribution is 5.45. The molecule has 1 aromatic carbocycles. The van der Waals surface area contributed by atoms with Crippen LogP contribution in [0.3, 0.4) is 0 Å². The predicted octanol–water partition coefficient (Wildman–Crippen LogP) is 1.63. The van der Waals surface area contributed by atoms with Crippen molar-refractivity contribution in [1.82, 2.24) is 4.90 Å². The molecule has 0 unspecified atom stereocenters. The van der Waals surface area contributed by atoms with Crippen molar-refractivity contribution in [3.63, 3.8) is 0 Å². The van der Waals surface area contributed by atoms with Crippen LogP contribution in [-0.4, -0.2) is 37.6 Å². The number of rotatable bonds is 2. The van der Waals surface area contributed by atoms with Crippen molar-refractivity contribution in [1.29, 1.82) is 0 Å². The van der Waals surface area contributed by atoms with Gasteiger partial charge >= 0.3 is 0 Å². The van der Waals surface area contributed by atoms with E-state index in [0.29, 0.717) is 0 Å². The number of hydrogen-bond acceptors (Lipinski definition) is 2. The molecule has 1 saturated heterocycles. The van der Waals surface area contributed by atoms with Gasteiger partial charge in [0.05, 0.1) is 0 Å². The number of piperazine rings is 1. The zero-order chi connectivity index (χ0) is 9.80. The summed E-state index contributed by atoms with van der Waals surface area (Å²) < 4.78 is 0. The molecule has 1 aliphatic rings. The first-order valence-corrected chi connectivity index (χ1v) is 5.34. The van der Waals surface area contributed by atoms with Crippen molar-refractivity contribution < 1.29 is 0 Å². The highest BCUT2D eigenvalue weighted by Gasteiger charge is 2.15. The molecule has 2 rings (SSSR count). The average molecular weight is 189 g/mol. The number of hydrogen-bond donors (Lipinski definition) is 0. The van der Waals surface area contributed by atoms with Gasteiger partial charge in [-0.25, -0.2) is 0 Å². The van der Waals surface area contributed by atoms with E-state index < -0.39 is 0 Å². The molecular formula is C12H17N2. The molecule has 14 heavy (non-hydrogen) atoms. The number of anilines is 1. The summed E-state index contributed by atoms with van der Waals surface area (Å²) >= 11 is 0. The maximum atomic E-state index is 3.28. The molecular weight excluding hydrogens is 172 g/mol. The van der Waals surface area contributed by atoms with E-state index in [4.69, 9.17) is 0 Å². The smallest absolute Gasteiger partial charge is 0.0447 e. The lowest BCUT2D eigenvalue weighted by atomic mass is 10.2. The van der Waals surface area contributed by atoms with Gasteiger partial charge in [0, 0.05) is 37.9 Å². The van der Waals surface area contributed by atoms with E-state index in [1.807, 2.05) is 12.1 Å². The fourth-order valence-electron chi connectivity index (χ4n) is 1.89. The minimum atomic E-state index is 1.13. The molecule has 0 saturated carbocycles. The molecule has 2 heteroatoms. The molecule has 2 nitrogen and oxygen atoms in total. The Morgan fingerprint density at radius 2 is 2.00 bits per heavy atom. The van der Waals surface area contributed by atoms with Gasteiger partial charge in [-0.15, -0.1) is 0 Å². The summed E-state index contributed by atoms with van der Waals surface area (Å²) in [5.74, 6) is 0. The van der Waals surface area contributed by atoms with Crippen molar-refractivity contribution in [3.05, 3.63) is 30.3 Å². The van der Waals surface area contributed by atoms with Gasteiger partial charge in [-0.1, -0.05) is 25.1 Å². The summed E-state index contributed by atoms with van der Waals surface area (Å²) in [5, 5.41) is 0. The van der Waals surface area contributed by atoms with Gasteiger partial charge in [-0.2, -0.15) is 0 Å². The minimum absolute atomic E-state index is 1.13. The highest BCUT2D eigenvalue weighted by Crippen LogP contribution is 2.14. The Morgan fingerprint density at radius 1 is 1.21 bits per heavy atom. The van der Waals surface area contributed by atoms with Crippen LogP contribution in [0.1, 0.15) is 6.92 Å². The van der Waals surface area contributed by atoms with Gasteiger partial charge in [0.2, 0.25) is 0 Å². The Bertz CT molecular complexity index is 263. The van der Waals surface area contributed by atoms with E-state index in [9.17, 15) is 0 Å². The maximum absolute atomic E-state index is 3.28. The van der Waals surface area contributed by atoms with Gasteiger partial charge in [-0.05, 0) is 12.6 Å². The second-order valence-corrected chi connectivity index (χ2v) is 3.67. The molecule has 0 amide bonds. The standard InChI is InChI=1S/C12H17N2/c1-2-13-8-10-14(11-9-13)12-6-4-3-5-7-12/h3-6H,2,8-11H2,1H3. The molecule has 75 valence electrons. The van der Waals surface area contributed by atoms with Gasteiger partial charge in [0.15, 0.2) is 0 Å². The lowest BCUT2D eigenvalue weighted by Gasteiger charge is -2.35. The molecule has 0 bridgehead atoms. The van der Waals surface area contributed by atoms with Gasteiger partial charge in [-0.3, -0.25) is 0 Å². The van der Waals surface area contributed by atoms with Crippen LogP contribution in [0.25, 0.3) is 0 Å². The fourth-order valence-corrected chi connectivity index (χ4v) is 1.89. The third kappa shape index (κ3) is 2.07. The summed E-state index contributed by atoms with van der Waals surface area (Å²) in [5.41, 5.74) is 1.24. The third-order valence-electron chi connectivity index (χ3n) is 2.85. The molecule has 0 aromatic heterocycles. The molecule has 1 radical (unpaired) electrons. The van der Waals surface area contributed by atoms with E-state index in [2.05, 4.69) is 34.9 Å². The van der Waals surface area contributed by atoms with Gasteiger partial charge in [0.1, 0.15) is 0 Å². The van der Waals surface area contributed by atoms with E-state index in [0.717, 1.165) is 13.1 Å². The first-order valence-electron chi connectivity index (χ1n) is 5.34. The van der Waals surface area contributed by atoms with Crippen LogP contribution in [0.5, 0.6) is 0 Å². The Balaban J connectivity index is 1.96. The highest BCUT2D eigenvalue weighted by atomic mass is 15.3. The second kappa shape index (κ2) is 4.47. The Kier molecular flexibility index (Phi) is 3.04. The number of benzene rings is 1. The van der Waals surface area contributed by atoms with Crippen molar-refractivity contribution in [2.24, 2.45) is 0 Å². The Hall–Kier alpha value is -1.02. The van der Waals surface area contributed by atoms with E-state index >= 15 is 0 Å². The van der Waals surface area contributed by atoms with Crippen LogP contribution in [0, 0.1) is 6.07 Å². The third-order valence-corrected chi connectivity index (χ3v) is 2.85. The van der Waals surface area contributed by atoms with Crippen molar-refractivity contribution in [2.45, 2.75) is 6.92 Å². The van der Waals surface area contributed by atoms with Crippen molar-refractivity contribution >= 4 is 5.69 Å². The van der Waals surface area contributed by atoms with Crippen LogP contribution in [0.4, 0.5) is 5.69 Å². The summed E-state index contributed by atoms with van der Waals surface area (Å²) in [6, 6.07) is 11.5. The first-order chi connectivity index (χ1) is 6.90. The fraction of sp³-hybridized carbons (Fsp3) is 0.500.